The third kappa shape index (κ3) is 2.43. The summed E-state index contributed by atoms with van der Waals surface area (Å²) < 4.78 is 0.660. The molecule has 0 bridgehead atoms. The fourth-order valence-corrected chi connectivity index (χ4v) is 0.855. The molecule has 2 unspecified atom stereocenters. The van der Waals surface area contributed by atoms with Gasteiger partial charge in [-0.25, -0.2) is 0 Å². The van der Waals surface area contributed by atoms with E-state index in [0.29, 0.717) is 4.48 Å². The van der Waals surface area contributed by atoms with Crippen LogP contribution in [0.2, 0.25) is 0 Å². The van der Waals surface area contributed by atoms with Crippen LogP contribution in [0.15, 0.2) is 0 Å². The molecule has 0 aromatic carbocycles. The Morgan fingerprint density at radius 2 is 1.27 bits per heavy atom. The molecule has 0 aliphatic rings. The summed E-state index contributed by atoms with van der Waals surface area (Å²) in [6.45, 7) is 4.28. The van der Waals surface area contributed by atoms with Gasteiger partial charge in [-0.15, -0.1) is 0 Å². The Kier molecular flexibility index (Phi) is 4.00. The van der Waals surface area contributed by atoms with Gasteiger partial charge in [0, 0.05) is 0 Å². The SMILES string of the molecule is CC(CO)[N+](C)(C)C(C)CO. The molecular weight excluding hydrogens is 142 g/mol. The van der Waals surface area contributed by atoms with Gasteiger partial charge in [-0.2, -0.15) is 0 Å². The van der Waals surface area contributed by atoms with Crippen molar-refractivity contribution in [1.82, 2.24) is 0 Å². The molecule has 0 spiro atoms. The van der Waals surface area contributed by atoms with E-state index in [2.05, 4.69) is 0 Å². The zero-order chi connectivity index (χ0) is 9.07. The molecule has 2 N–H and O–H groups in total. The van der Waals surface area contributed by atoms with Crippen molar-refractivity contribution in [2.24, 2.45) is 0 Å². The van der Waals surface area contributed by atoms with Gasteiger partial charge in [0.1, 0.15) is 12.1 Å². The molecule has 68 valence electrons. The molecule has 0 heterocycles. The van der Waals surface area contributed by atoms with Crippen LogP contribution in [0.1, 0.15) is 13.8 Å². The van der Waals surface area contributed by atoms with Crippen LogP contribution < -0.4 is 0 Å². The van der Waals surface area contributed by atoms with Gasteiger partial charge in [0.25, 0.3) is 0 Å². The largest absolute Gasteiger partial charge is 0.390 e. The van der Waals surface area contributed by atoms with E-state index in [1.807, 2.05) is 27.9 Å². The molecule has 0 aromatic heterocycles. The number of hydrogen-bond donors (Lipinski definition) is 2. The van der Waals surface area contributed by atoms with E-state index in [0.717, 1.165) is 0 Å². The van der Waals surface area contributed by atoms with E-state index >= 15 is 0 Å². The first-order valence-electron chi connectivity index (χ1n) is 4.01. The molecule has 11 heavy (non-hydrogen) atoms. The molecule has 0 rings (SSSR count). The Bertz CT molecular complexity index is 103. The molecule has 0 saturated carbocycles. The summed E-state index contributed by atoms with van der Waals surface area (Å²) in [4.78, 5) is 0. The first kappa shape index (κ1) is 10.9. The summed E-state index contributed by atoms with van der Waals surface area (Å²) in [5.74, 6) is 0. The highest BCUT2D eigenvalue weighted by atomic mass is 16.3. The lowest BCUT2D eigenvalue weighted by Gasteiger charge is -2.39. The van der Waals surface area contributed by atoms with Crippen LogP contribution in [0.4, 0.5) is 0 Å². The summed E-state index contributed by atoms with van der Waals surface area (Å²) in [7, 11) is 4.03. The van der Waals surface area contributed by atoms with Crippen molar-refractivity contribution in [1.29, 1.82) is 0 Å². The van der Waals surface area contributed by atoms with E-state index in [4.69, 9.17) is 10.2 Å². The number of aliphatic hydroxyl groups is 2. The number of nitrogens with zero attached hydrogens (tertiary/aromatic N) is 1. The minimum absolute atomic E-state index is 0.164. The normalized spacial score (nSPS) is 18.0. The summed E-state index contributed by atoms with van der Waals surface area (Å²) in [6, 6.07) is 0.356. The van der Waals surface area contributed by atoms with Gasteiger partial charge in [-0.3, -0.25) is 0 Å². The summed E-state index contributed by atoms with van der Waals surface area (Å²) in [6.07, 6.45) is 0. The third-order valence-electron chi connectivity index (χ3n) is 2.80. The lowest BCUT2D eigenvalue weighted by atomic mass is 10.2. The van der Waals surface area contributed by atoms with Gasteiger partial charge in [0.05, 0.1) is 27.3 Å². The van der Waals surface area contributed by atoms with Crippen molar-refractivity contribution in [3.63, 3.8) is 0 Å². The zero-order valence-corrected chi connectivity index (χ0v) is 7.91. The van der Waals surface area contributed by atoms with E-state index in [9.17, 15) is 0 Å². The maximum Gasteiger partial charge on any atom is 0.109 e. The van der Waals surface area contributed by atoms with Crippen molar-refractivity contribution in [2.45, 2.75) is 25.9 Å². The minimum Gasteiger partial charge on any atom is -0.390 e. The van der Waals surface area contributed by atoms with Crippen LogP contribution in [0, 0.1) is 0 Å². The van der Waals surface area contributed by atoms with Crippen LogP contribution in [-0.4, -0.2) is 54.1 Å². The Morgan fingerprint density at radius 1 is 1.00 bits per heavy atom. The van der Waals surface area contributed by atoms with Crippen LogP contribution in [-0.2, 0) is 0 Å². The minimum atomic E-state index is 0.164. The number of quaternary nitrogens is 1. The average Bonchev–Trinajstić information content (AvgIpc) is 2.01. The zero-order valence-electron chi connectivity index (χ0n) is 7.91. The molecular formula is C8H20NO2+. The molecule has 0 saturated heterocycles. The molecule has 3 nitrogen and oxygen atoms in total. The standard InChI is InChI=1S/C8H20NO2/c1-7(5-10)9(3,4)8(2)6-11/h7-8,10-11H,5-6H2,1-4H3/q+1. The fraction of sp³-hybridized carbons (Fsp3) is 1.00. The summed E-state index contributed by atoms with van der Waals surface area (Å²) >= 11 is 0. The van der Waals surface area contributed by atoms with Gasteiger partial charge in [-0.05, 0) is 13.8 Å². The first-order chi connectivity index (χ1) is 4.96. The monoisotopic (exact) mass is 162 g/mol. The van der Waals surface area contributed by atoms with Crippen molar-refractivity contribution < 1.29 is 14.7 Å². The predicted molar refractivity (Wildman–Crippen MR) is 45.2 cm³/mol. The van der Waals surface area contributed by atoms with E-state index in [1.54, 1.807) is 0 Å². The summed E-state index contributed by atoms with van der Waals surface area (Å²) in [5, 5.41) is 17.8. The van der Waals surface area contributed by atoms with Crippen LogP contribution in [0.5, 0.6) is 0 Å². The van der Waals surface area contributed by atoms with Crippen molar-refractivity contribution in [2.75, 3.05) is 27.3 Å². The lowest BCUT2D eigenvalue weighted by molar-refractivity contribution is -0.935. The Balaban J connectivity index is 4.18. The van der Waals surface area contributed by atoms with Gasteiger partial charge >= 0.3 is 0 Å². The molecule has 0 aliphatic carbocycles. The molecule has 0 radical (unpaired) electrons. The number of hydrogen-bond acceptors (Lipinski definition) is 2. The van der Waals surface area contributed by atoms with Crippen molar-refractivity contribution >= 4 is 0 Å². The van der Waals surface area contributed by atoms with Gasteiger partial charge < -0.3 is 14.7 Å². The number of rotatable bonds is 4. The Morgan fingerprint density at radius 3 is 1.45 bits per heavy atom. The second kappa shape index (κ2) is 4.04. The highest BCUT2D eigenvalue weighted by molar-refractivity contribution is 4.53. The quantitative estimate of drug-likeness (QED) is 0.563. The lowest BCUT2D eigenvalue weighted by Crippen LogP contribution is -2.56. The van der Waals surface area contributed by atoms with Crippen LogP contribution in [0.3, 0.4) is 0 Å². The second-order valence-electron chi connectivity index (χ2n) is 3.69. The first-order valence-corrected chi connectivity index (χ1v) is 4.01. The van der Waals surface area contributed by atoms with Gasteiger partial charge in [0.2, 0.25) is 0 Å². The maximum absolute atomic E-state index is 8.92. The van der Waals surface area contributed by atoms with E-state index < -0.39 is 0 Å². The Hall–Kier alpha value is -0.120. The molecule has 0 fully saturated rings. The van der Waals surface area contributed by atoms with Gasteiger partial charge in [-0.1, -0.05) is 0 Å². The summed E-state index contributed by atoms with van der Waals surface area (Å²) in [5.41, 5.74) is 0. The second-order valence-corrected chi connectivity index (χ2v) is 3.69. The van der Waals surface area contributed by atoms with E-state index in [-0.39, 0.29) is 25.3 Å². The maximum atomic E-state index is 8.92. The smallest absolute Gasteiger partial charge is 0.109 e. The number of likely N-dealkylation sites (N-methyl/N-ethyl adjacent to an activating group) is 1. The fourth-order valence-electron chi connectivity index (χ4n) is 0.855. The van der Waals surface area contributed by atoms with E-state index in [1.165, 1.54) is 0 Å². The highest BCUT2D eigenvalue weighted by Crippen LogP contribution is 2.11. The molecule has 2 atom stereocenters. The topological polar surface area (TPSA) is 40.5 Å². The predicted octanol–water partition coefficient (Wildman–Crippen LogP) is -0.176. The molecule has 0 aromatic rings. The Labute approximate surface area is 68.9 Å². The van der Waals surface area contributed by atoms with Crippen LogP contribution in [0.25, 0.3) is 0 Å². The van der Waals surface area contributed by atoms with Crippen molar-refractivity contribution in [3.05, 3.63) is 0 Å². The number of aliphatic hydroxyl groups excluding tert-OH is 2. The average molecular weight is 162 g/mol. The molecule has 0 amide bonds. The highest BCUT2D eigenvalue weighted by Gasteiger charge is 2.28. The van der Waals surface area contributed by atoms with Gasteiger partial charge in [0.15, 0.2) is 0 Å². The van der Waals surface area contributed by atoms with Crippen molar-refractivity contribution in [3.8, 4) is 0 Å². The molecule has 0 aliphatic heterocycles. The third-order valence-corrected chi connectivity index (χ3v) is 2.80. The van der Waals surface area contributed by atoms with Crippen LogP contribution >= 0.6 is 0 Å². The molecule has 3 heteroatoms.